The summed E-state index contributed by atoms with van der Waals surface area (Å²) in [6.07, 6.45) is 0.751. The van der Waals surface area contributed by atoms with Gasteiger partial charge in [0.1, 0.15) is 5.82 Å². The number of hydrogen-bond acceptors (Lipinski definition) is 3. The molecule has 2 atom stereocenters. The van der Waals surface area contributed by atoms with Crippen LogP contribution in [-0.4, -0.2) is 31.9 Å². The van der Waals surface area contributed by atoms with Crippen molar-refractivity contribution in [2.45, 2.75) is 31.2 Å². The third-order valence-corrected chi connectivity index (χ3v) is 5.76. The smallest absolute Gasteiger partial charge is 0.243 e. The fourth-order valence-electron chi connectivity index (χ4n) is 2.33. The van der Waals surface area contributed by atoms with Gasteiger partial charge in [-0.25, -0.2) is 12.8 Å². The molecule has 1 aliphatic heterocycles. The number of rotatable bonds is 2. The van der Waals surface area contributed by atoms with Crippen molar-refractivity contribution in [3.8, 4) is 0 Å². The highest BCUT2D eigenvalue weighted by Gasteiger charge is 2.32. The van der Waals surface area contributed by atoms with E-state index in [1.54, 1.807) is 6.92 Å². The van der Waals surface area contributed by atoms with Crippen LogP contribution < -0.4 is 5.73 Å². The molecule has 1 aromatic rings. The van der Waals surface area contributed by atoms with Gasteiger partial charge < -0.3 is 5.73 Å². The zero-order chi connectivity index (χ0) is 14.2. The SMILES string of the molecule is Cc1cc(F)ccc1S(=O)(=O)N1CCC(C)C(N)C1. The van der Waals surface area contributed by atoms with Crippen LogP contribution in [0.3, 0.4) is 0 Å². The van der Waals surface area contributed by atoms with Gasteiger partial charge in [-0.3, -0.25) is 0 Å². The Bertz CT molecular complexity index is 574. The number of nitrogens with two attached hydrogens (primary N) is 1. The topological polar surface area (TPSA) is 63.4 Å². The summed E-state index contributed by atoms with van der Waals surface area (Å²) in [5, 5.41) is 0. The van der Waals surface area contributed by atoms with E-state index in [1.807, 2.05) is 6.92 Å². The zero-order valence-electron chi connectivity index (χ0n) is 11.1. The van der Waals surface area contributed by atoms with Crippen LogP contribution in [0.5, 0.6) is 0 Å². The fourth-order valence-corrected chi connectivity index (χ4v) is 4.03. The second-order valence-corrected chi connectivity index (χ2v) is 7.11. The number of nitrogens with zero attached hydrogens (tertiary/aromatic N) is 1. The second kappa shape index (κ2) is 5.19. The molecule has 1 fully saturated rings. The lowest BCUT2D eigenvalue weighted by Crippen LogP contribution is -2.49. The van der Waals surface area contributed by atoms with Crippen LogP contribution in [0.4, 0.5) is 4.39 Å². The first-order valence-corrected chi connectivity index (χ1v) is 7.78. The lowest BCUT2D eigenvalue weighted by atomic mass is 9.96. The Kier molecular flexibility index (Phi) is 3.94. The second-order valence-electron chi connectivity index (χ2n) is 5.20. The molecule has 1 aromatic carbocycles. The van der Waals surface area contributed by atoms with Crippen LogP contribution in [0.1, 0.15) is 18.9 Å². The van der Waals surface area contributed by atoms with Crippen molar-refractivity contribution in [1.29, 1.82) is 0 Å². The summed E-state index contributed by atoms with van der Waals surface area (Å²) in [6.45, 7) is 4.41. The number of piperidine rings is 1. The van der Waals surface area contributed by atoms with Gasteiger partial charge in [-0.2, -0.15) is 4.31 Å². The fraction of sp³-hybridized carbons (Fsp3) is 0.538. The molecule has 6 heteroatoms. The largest absolute Gasteiger partial charge is 0.326 e. The minimum atomic E-state index is -3.58. The maximum atomic E-state index is 13.1. The Morgan fingerprint density at radius 2 is 2.11 bits per heavy atom. The Morgan fingerprint density at radius 1 is 1.42 bits per heavy atom. The maximum absolute atomic E-state index is 13.1. The predicted molar refractivity (Wildman–Crippen MR) is 71.7 cm³/mol. The standard InChI is InChI=1S/C13H19FN2O2S/c1-9-5-6-16(8-12(9)15)19(17,18)13-4-3-11(14)7-10(13)2/h3-4,7,9,12H,5-6,8,15H2,1-2H3. The predicted octanol–water partition coefficient (Wildman–Crippen LogP) is 1.49. The summed E-state index contributed by atoms with van der Waals surface area (Å²) in [6, 6.07) is 3.58. The molecule has 19 heavy (non-hydrogen) atoms. The average Bonchev–Trinajstić information content (AvgIpc) is 2.32. The number of halogens is 1. The average molecular weight is 286 g/mol. The normalized spacial score (nSPS) is 25.5. The van der Waals surface area contributed by atoms with Gasteiger partial charge in [0.15, 0.2) is 0 Å². The molecule has 2 N–H and O–H groups in total. The molecule has 0 amide bonds. The molecule has 0 spiro atoms. The van der Waals surface area contributed by atoms with Gasteiger partial charge in [0.05, 0.1) is 4.90 Å². The van der Waals surface area contributed by atoms with Crippen LogP contribution in [0, 0.1) is 18.7 Å². The molecular formula is C13H19FN2O2S. The van der Waals surface area contributed by atoms with E-state index >= 15 is 0 Å². The third kappa shape index (κ3) is 2.80. The first-order valence-electron chi connectivity index (χ1n) is 6.34. The summed E-state index contributed by atoms with van der Waals surface area (Å²) in [5.41, 5.74) is 6.36. The van der Waals surface area contributed by atoms with Crippen molar-refractivity contribution in [3.63, 3.8) is 0 Å². The van der Waals surface area contributed by atoms with E-state index in [-0.39, 0.29) is 10.9 Å². The van der Waals surface area contributed by atoms with Crippen molar-refractivity contribution < 1.29 is 12.8 Å². The summed E-state index contributed by atoms with van der Waals surface area (Å²) in [7, 11) is -3.58. The molecule has 1 heterocycles. The Labute approximate surface area is 113 Å². The Balaban J connectivity index is 2.32. The molecule has 1 aliphatic rings. The highest BCUT2D eigenvalue weighted by Crippen LogP contribution is 2.25. The molecule has 0 saturated carbocycles. The van der Waals surface area contributed by atoms with E-state index in [0.717, 1.165) is 6.42 Å². The number of hydrogen-bond donors (Lipinski definition) is 1. The molecule has 4 nitrogen and oxygen atoms in total. The zero-order valence-corrected chi connectivity index (χ0v) is 12.0. The first-order chi connectivity index (χ1) is 8.82. The minimum Gasteiger partial charge on any atom is -0.326 e. The highest BCUT2D eigenvalue weighted by molar-refractivity contribution is 7.89. The van der Waals surface area contributed by atoms with Crippen molar-refractivity contribution in [2.24, 2.45) is 11.7 Å². The van der Waals surface area contributed by atoms with Gasteiger partial charge in [0, 0.05) is 19.1 Å². The number of sulfonamides is 1. The quantitative estimate of drug-likeness (QED) is 0.896. The first kappa shape index (κ1) is 14.4. The molecular weight excluding hydrogens is 267 g/mol. The van der Waals surface area contributed by atoms with Crippen LogP contribution in [0.2, 0.25) is 0 Å². The third-order valence-electron chi connectivity index (χ3n) is 3.73. The lowest BCUT2D eigenvalue weighted by Gasteiger charge is -2.34. The van der Waals surface area contributed by atoms with Gasteiger partial charge >= 0.3 is 0 Å². The van der Waals surface area contributed by atoms with Crippen LogP contribution in [0.15, 0.2) is 23.1 Å². The Hall–Kier alpha value is -0.980. The molecule has 2 rings (SSSR count). The molecule has 2 unspecified atom stereocenters. The van der Waals surface area contributed by atoms with Gasteiger partial charge in [-0.05, 0) is 43.0 Å². The van der Waals surface area contributed by atoms with Crippen molar-refractivity contribution in [2.75, 3.05) is 13.1 Å². The maximum Gasteiger partial charge on any atom is 0.243 e. The van der Waals surface area contributed by atoms with Gasteiger partial charge in [0.2, 0.25) is 10.0 Å². The van der Waals surface area contributed by atoms with Crippen LogP contribution in [0.25, 0.3) is 0 Å². The summed E-state index contributed by atoms with van der Waals surface area (Å²) in [4.78, 5) is 0.163. The lowest BCUT2D eigenvalue weighted by molar-refractivity contribution is 0.253. The highest BCUT2D eigenvalue weighted by atomic mass is 32.2. The van der Waals surface area contributed by atoms with Gasteiger partial charge in [0.25, 0.3) is 0 Å². The summed E-state index contributed by atoms with van der Waals surface area (Å²) >= 11 is 0. The summed E-state index contributed by atoms with van der Waals surface area (Å²) in [5.74, 6) is -0.110. The van der Waals surface area contributed by atoms with Crippen molar-refractivity contribution in [3.05, 3.63) is 29.6 Å². The van der Waals surface area contributed by atoms with Crippen LogP contribution in [-0.2, 0) is 10.0 Å². The van der Waals surface area contributed by atoms with E-state index in [9.17, 15) is 12.8 Å². The number of benzene rings is 1. The number of aryl methyl sites for hydroxylation is 1. The molecule has 0 aliphatic carbocycles. The van der Waals surface area contributed by atoms with E-state index in [2.05, 4.69) is 0 Å². The van der Waals surface area contributed by atoms with Crippen LogP contribution >= 0.6 is 0 Å². The molecule has 0 aromatic heterocycles. The Morgan fingerprint density at radius 3 is 2.68 bits per heavy atom. The van der Waals surface area contributed by atoms with Gasteiger partial charge in [-0.1, -0.05) is 6.92 Å². The van der Waals surface area contributed by atoms with Crippen molar-refractivity contribution in [1.82, 2.24) is 4.31 Å². The van der Waals surface area contributed by atoms with Gasteiger partial charge in [-0.15, -0.1) is 0 Å². The van der Waals surface area contributed by atoms with E-state index in [4.69, 9.17) is 5.73 Å². The minimum absolute atomic E-state index is 0.149. The summed E-state index contributed by atoms with van der Waals surface area (Å²) < 4.78 is 39.5. The molecule has 0 bridgehead atoms. The van der Waals surface area contributed by atoms with Crippen molar-refractivity contribution >= 4 is 10.0 Å². The van der Waals surface area contributed by atoms with E-state index in [1.165, 1.54) is 22.5 Å². The molecule has 1 saturated heterocycles. The molecule has 0 radical (unpaired) electrons. The van der Waals surface area contributed by atoms with E-state index in [0.29, 0.717) is 24.6 Å². The van der Waals surface area contributed by atoms with E-state index < -0.39 is 15.8 Å². The monoisotopic (exact) mass is 286 g/mol. The molecule has 106 valence electrons.